The topological polar surface area (TPSA) is 43.6 Å². The molecule has 0 amide bonds. The van der Waals surface area contributed by atoms with Crippen molar-refractivity contribution in [1.29, 1.82) is 0 Å². The van der Waals surface area contributed by atoms with Gasteiger partial charge in [0.1, 0.15) is 5.82 Å². The lowest BCUT2D eigenvalue weighted by molar-refractivity contribution is 0.769. The second kappa shape index (κ2) is 9.58. The highest BCUT2D eigenvalue weighted by Gasteiger charge is 2.46. The second-order valence-corrected chi connectivity index (χ2v) is 11.3. The predicted molar refractivity (Wildman–Crippen MR) is 177 cm³/mol. The zero-order chi connectivity index (χ0) is 29.1. The number of aromatic nitrogens is 4. The molecule has 4 heterocycles. The summed E-state index contributed by atoms with van der Waals surface area (Å²) in [7, 11) is 0. The zero-order valence-electron chi connectivity index (χ0n) is 23.8. The van der Waals surface area contributed by atoms with Gasteiger partial charge in [-0.15, -0.1) is 0 Å². The lowest BCUT2D eigenvalue weighted by Crippen LogP contribution is -2.28. The summed E-state index contributed by atoms with van der Waals surface area (Å²) in [6.45, 7) is 0. The maximum atomic E-state index is 5.14. The summed E-state index contributed by atoms with van der Waals surface area (Å²) >= 11 is 0. The van der Waals surface area contributed by atoms with Gasteiger partial charge in [-0.2, -0.15) is 0 Å². The Morgan fingerprint density at radius 1 is 0.545 bits per heavy atom. The molecule has 0 spiro atoms. The first-order valence-electron chi connectivity index (χ1n) is 14.9. The summed E-state index contributed by atoms with van der Waals surface area (Å²) in [6, 6.07) is 49.8. The monoisotopic (exact) mass is 562 g/mol. The van der Waals surface area contributed by atoms with Gasteiger partial charge in [0.25, 0.3) is 0 Å². The van der Waals surface area contributed by atoms with Crippen LogP contribution in [0.15, 0.2) is 158 Å². The van der Waals surface area contributed by atoms with Crippen LogP contribution < -0.4 is 0 Å². The van der Waals surface area contributed by atoms with Gasteiger partial charge in [-0.1, -0.05) is 91.0 Å². The molecule has 4 aromatic heterocycles. The van der Waals surface area contributed by atoms with Crippen LogP contribution in [0.1, 0.15) is 22.3 Å². The first-order valence-corrected chi connectivity index (χ1v) is 14.9. The highest BCUT2D eigenvalue weighted by atomic mass is 15.1. The number of hydrogen-bond donors (Lipinski definition) is 0. The Morgan fingerprint density at radius 2 is 1.30 bits per heavy atom. The van der Waals surface area contributed by atoms with Gasteiger partial charge in [0.2, 0.25) is 0 Å². The van der Waals surface area contributed by atoms with Crippen molar-refractivity contribution in [3.63, 3.8) is 0 Å². The Kier molecular flexibility index (Phi) is 5.38. The van der Waals surface area contributed by atoms with Crippen LogP contribution in [0.4, 0.5) is 0 Å². The van der Waals surface area contributed by atoms with Crippen molar-refractivity contribution in [2.24, 2.45) is 0 Å². The van der Waals surface area contributed by atoms with Crippen LogP contribution in [-0.4, -0.2) is 19.5 Å². The molecule has 0 aliphatic heterocycles. The molecular weight excluding hydrogens is 536 g/mol. The van der Waals surface area contributed by atoms with Gasteiger partial charge in [0, 0.05) is 29.5 Å². The minimum Gasteiger partial charge on any atom is -0.292 e. The van der Waals surface area contributed by atoms with Crippen LogP contribution >= 0.6 is 0 Å². The SMILES string of the molecule is c1ccc(C2(c3ccccc3)c3ccccc3-c3cc4c(cc32)c2ncccc2n4-c2cccc(-c3cccnc3)n2)cc1. The van der Waals surface area contributed by atoms with Gasteiger partial charge < -0.3 is 0 Å². The summed E-state index contributed by atoms with van der Waals surface area (Å²) in [5.41, 5.74) is 12.0. The first kappa shape index (κ1) is 24.7. The molecule has 1 aliphatic rings. The highest BCUT2D eigenvalue weighted by Crippen LogP contribution is 2.57. The summed E-state index contributed by atoms with van der Waals surface area (Å²) in [6.07, 6.45) is 5.53. The highest BCUT2D eigenvalue weighted by molar-refractivity contribution is 6.10. The van der Waals surface area contributed by atoms with Crippen molar-refractivity contribution in [3.8, 4) is 28.2 Å². The smallest absolute Gasteiger partial charge is 0.138 e. The fourth-order valence-corrected chi connectivity index (χ4v) is 7.24. The summed E-state index contributed by atoms with van der Waals surface area (Å²) in [5, 5.41) is 1.11. The van der Waals surface area contributed by atoms with Crippen molar-refractivity contribution in [2.75, 3.05) is 0 Å². The summed E-state index contributed by atoms with van der Waals surface area (Å²) in [4.78, 5) is 14.4. The fraction of sp³-hybridized carbons (Fsp3) is 0.0250. The van der Waals surface area contributed by atoms with Crippen LogP contribution in [0.2, 0.25) is 0 Å². The average Bonchev–Trinajstić information content (AvgIpc) is 3.59. The Hall–Kier alpha value is -5.87. The molecule has 1 aliphatic carbocycles. The zero-order valence-corrected chi connectivity index (χ0v) is 23.8. The predicted octanol–water partition coefficient (Wildman–Crippen LogP) is 9.00. The molecular formula is C40H26N4. The van der Waals surface area contributed by atoms with E-state index in [1.807, 2.05) is 36.7 Å². The first-order chi connectivity index (χ1) is 21.8. The molecule has 0 saturated carbocycles. The van der Waals surface area contributed by atoms with Crippen molar-refractivity contribution >= 4 is 21.9 Å². The number of fused-ring (bicyclic) bond motifs is 6. The Balaban J connectivity index is 1.40. The Labute approximate surface area is 255 Å². The minimum atomic E-state index is -0.468. The lowest BCUT2D eigenvalue weighted by Gasteiger charge is -2.33. The average molecular weight is 563 g/mol. The number of pyridine rings is 3. The van der Waals surface area contributed by atoms with E-state index in [1.165, 1.54) is 33.4 Å². The van der Waals surface area contributed by atoms with Crippen LogP contribution in [0, 0.1) is 0 Å². The van der Waals surface area contributed by atoms with E-state index in [0.29, 0.717) is 0 Å². The normalized spacial score (nSPS) is 13.2. The number of benzene rings is 4. The van der Waals surface area contributed by atoms with Gasteiger partial charge in [-0.25, -0.2) is 4.98 Å². The van der Waals surface area contributed by atoms with Crippen LogP contribution in [0.5, 0.6) is 0 Å². The van der Waals surface area contributed by atoms with E-state index in [0.717, 1.165) is 39.0 Å². The van der Waals surface area contributed by atoms with Crippen molar-refractivity contribution in [2.45, 2.75) is 5.41 Å². The van der Waals surface area contributed by atoms with E-state index in [1.54, 1.807) is 6.20 Å². The van der Waals surface area contributed by atoms with Crippen molar-refractivity contribution in [1.82, 2.24) is 19.5 Å². The van der Waals surface area contributed by atoms with Crippen LogP contribution in [0.3, 0.4) is 0 Å². The largest absolute Gasteiger partial charge is 0.292 e. The Bertz CT molecular complexity index is 2280. The van der Waals surface area contributed by atoms with Gasteiger partial charge in [-0.05, 0) is 81.9 Å². The van der Waals surface area contributed by atoms with E-state index in [-0.39, 0.29) is 0 Å². The molecule has 44 heavy (non-hydrogen) atoms. The molecule has 0 saturated heterocycles. The molecule has 8 aromatic rings. The van der Waals surface area contributed by atoms with Gasteiger partial charge in [0.15, 0.2) is 0 Å². The van der Waals surface area contributed by atoms with E-state index in [9.17, 15) is 0 Å². The molecule has 4 heteroatoms. The van der Waals surface area contributed by atoms with Gasteiger partial charge >= 0.3 is 0 Å². The third-order valence-electron chi connectivity index (χ3n) is 9.02. The van der Waals surface area contributed by atoms with Gasteiger partial charge in [-0.3, -0.25) is 14.5 Å². The van der Waals surface area contributed by atoms with E-state index < -0.39 is 5.41 Å². The molecule has 0 unspecified atom stereocenters. The quantitative estimate of drug-likeness (QED) is 0.215. The van der Waals surface area contributed by atoms with E-state index in [2.05, 4.69) is 125 Å². The molecule has 4 nitrogen and oxygen atoms in total. The molecule has 206 valence electrons. The summed E-state index contributed by atoms with van der Waals surface area (Å²) in [5.74, 6) is 0.850. The van der Waals surface area contributed by atoms with Crippen LogP contribution in [0.25, 0.3) is 50.1 Å². The fourth-order valence-electron chi connectivity index (χ4n) is 7.24. The summed E-state index contributed by atoms with van der Waals surface area (Å²) < 4.78 is 2.26. The molecule has 0 bridgehead atoms. The molecule has 0 radical (unpaired) electrons. The van der Waals surface area contributed by atoms with Gasteiger partial charge in [0.05, 0.1) is 27.7 Å². The van der Waals surface area contributed by atoms with Crippen molar-refractivity contribution < 1.29 is 0 Å². The number of rotatable bonds is 4. The second-order valence-electron chi connectivity index (χ2n) is 11.3. The van der Waals surface area contributed by atoms with E-state index in [4.69, 9.17) is 9.97 Å². The maximum Gasteiger partial charge on any atom is 0.138 e. The number of nitrogens with zero attached hydrogens (tertiary/aromatic N) is 4. The molecule has 0 N–H and O–H groups in total. The number of hydrogen-bond acceptors (Lipinski definition) is 3. The molecule has 9 rings (SSSR count). The maximum absolute atomic E-state index is 5.14. The Morgan fingerprint density at radius 3 is 2.07 bits per heavy atom. The molecule has 0 fully saturated rings. The van der Waals surface area contributed by atoms with Crippen LogP contribution in [-0.2, 0) is 5.41 Å². The standard InChI is InChI=1S/C40H26N4/c1-3-13-28(14-4-1)40(29-15-5-2-6-16-29)33-18-8-7-17-30(33)31-25-37-32(24-34(31)40)39-36(20-11-23-42-39)44(37)38-21-9-19-35(43-38)27-12-10-22-41-26-27/h1-26H. The third kappa shape index (κ3) is 3.42. The van der Waals surface area contributed by atoms with Crippen molar-refractivity contribution in [3.05, 3.63) is 180 Å². The molecule has 4 aromatic carbocycles. The third-order valence-corrected chi connectivity index (χ3v) is 9.02. The molecule has 0 atom stereocenters. The lowest BCUT2D eigenvalue weighted by atomic mass is 9.67. The van der Waals surface area contributed by atoms with E-state index >= 15 is 0 Å². The minimum absolute atomic E-state index is 0.468.